The van der Waals surface area contributed by atoms with Gasteiger partial charge in [0.1, 0.15) is 11.6 Å². The highest BCUT2D eigenvalue weighted by molar-refractivity contribution is 7.99. The van der Waals surface area contributed by atoms with Gasteiger partial charge < -0.3 is 15.3 Å². The van der Waals surface area contributed by atoms with Crippen molar-refractivity contribution in [2.75, 3.05) is 18.8 Å². The molecule has 0 spiro atoms. The Labute approximate surface area is 244 Å². The van der Waals surface area contributed by atoms with Crippen molar-refractivity contribution in [1.82, 2.24) is 20.3 Å². The maximum absolute atomic E-state index is 13.9. The van der Waals surface area contributed by atoms with E-state index in [1.807, 2.05) is 18.9 Å². The van der Waals surface area contributed by atoms with E-state index in [2.05, 4.69) is 10.3 Å². The summed E-state index contributed by atoms with van der Waals surface area (Å²) >= 11 is 0.768. The normalized spacial score (nSPS) is 13.1. The van der Waals surface area contributed by atoms with Crippen molar-refractivity contribution in [3.05, 3.63) is 76.6 Å². The summed E-state index contributed by atoms with van der Waals surface area (Å²) in [7, 11) is 0. The number of rotatable bonds is 13. The minimum Gasteiger partial charge on any atom is -0.390 e. The maximum Gasteiger partial charge on any atom is 0.585 e. The lowest BCUT2D eigenvalue weighted by atomic mass is 10.00. The first-order valence-corrected chi connectivity index (χ1v) is 14.3. The Morgan fingerprint density at radius 3 is 2.24 bits per heavy atom. The van der Waals surface area contributed by atoms with Crippen LogP contribution in [-0.4, -0.2) is 62.9 Å². The van der Waals surface area contributed by atoms with Gasteiger partial charge in [0, 0.05) is 36.0 Å². The number of carbonyl (C=O) groups is 2. The third-order valence-corrected chi connectivity index (χ3v) is 7.17. The zero-order valence-electron chi connectivity index (χ0n) is 23.3. The summed E-state index contributed by atoms with van der Waals surface area (Å²) in [6, 6.07) is 6.37. The van der Waals surface area contributed by atoms with Gasteiger partial charge in [0.2, 0.25) is 0 Å². The van der Waals surface area contributed by atoms with Crippen molar-refractivity contribution in [2.24, 2.45) is 0 Å². The summed E-state index contributed by atoms with van der Waals surface area (Å²) in [6.07, 6.45) is -4.20. The summed E-state index contributed by atoms with van der Waals surface area (Å²) in [5, 5.41) is 15.5. The molecule has 2 atom stereocenters. The Bertz CT molecular complexity index is 1360. The van der Waals surface area contributed by atoms with E-state index in [4.69, 9.17) is 0 Å². The second-order valence-electron chi connectivity index (χ2n) is 9.82. The summed E-state index contributed by atoms with van der Waals surface area (Å²) in [4.78, 5) is 31.9. The molecule has 1 heterocycles. The van der Waals surface area contributed by atoms with Crippen LogP contribution in [0, 0.1) is 18.6 Å². The molecule has 0 aliphatic carbocycles. The Morgan fingerprint density at radius 2 is 1.67 bits per heavy atom. The molecule has 2 amide bonds. The second-order valence-corrected chi connectivity index (χ2v) is 10.8. The number of hydrogen-bond acceptors (Lipinski definition) is 5. The number of aliphatic hydroxyl groups is 1. The van der Waals surface area contributed by atoms with Crippen molar-refractivity contribution in [1.29, 1.82) is 0 Å². The molecule has 0 fully saturated rings. The van der Waals surface area contributed by atoms with Crippen LogP contribution in [-0.2, 0) is 12.7 Å². The second kappa shape index (κ2) is 14.6. The molecule has 0 unspecified atom stereocenters. The van der Waals surface area contributed by atoms with Crippen LogP contribution < -0.4 is 10.00 Å². The van der Waals surface area contributed by atoms with Gasteiger partial charge in [-0.05, 0) is 72.6 Å². The summed E-state index contributed by atoms with van der Waals surface area (Å²) in [5.41, 5.74) is 1.25. The molecular weight excluding hydrogens is 581 g/mol. The van der Waals surface area contributed by atoms with Gasteiger partial charge in [-0.1, -0.05) is 30.3 Å². The lowest BCUT2D eigenvalue weighted by Crippen LogP contribution is -2.48. The molecule has 0 radical (unpaired) electrons. The van der Waals surface area contributed by atoms with E-state index in [1.54, 1.807) is 24.0 Å². The molecule has 0 bridgehead atoms. The number of aromatic nitrogens is 3. The van der Waals surface area contributed by atoms with Crippen LogP contribution in [0.2, 0.25) is 0 Å². The Kier molecular flexibility index (Phi) is 11.5. The number of aromatic amines is 1. The fourth-order valence-corrected chi connectivity index (χ4v) is 5.19. The van der Waals surface area contributed by atoms with Gasteiger partial charge >= 0.3 is 17.8 Å². The molecule has 228 valence electrons. The molecule has 3 N–H and O–H groups in total. The van der Waals surface area contributed by atoms with Crippen molar-refractivity contribution in [3.63, 3.8) is 0 Å². The first kappa shape index (κ1) is 33.0. The fourth-order valence-electron chi connectivity index (χ4n) is 4.34. The van der Waals surface area contributed by atoms with E-state index in [1.165, 1.54) is 6.07 Å². The Balaban J connectivity index is 1.84. The molecule has 42 heavy (non-hydrogen) atoms. The van der Waals surface area contributed by atoms with Crippen LogP contribution in [0.4, 0.5) is 22.0 Å². The minimum atomic E-state index is -4.71. The number of nitrogens with one attached hydrogen (secondary N) is 2. The number of aryl methyl sites for hydroxylation is 1. The van der Waals surface area contributed by atoms with Crippen molar-refractivity contribution in [2.45, 2.75) is 63.6 Å². The minimum absolute atomic E-state index is 0.138. The molecule has 2 aromatic carbocycles. The van der Waals surface area contributed by atoms with Gasteiger partial charge in [-0.25, -0.2) is 8.78 Å². The summed E-state index contributed by atoms with van der Waals surface area (Å²) < 4.78 is 66.2. The van der Waals surface area contributed by atoms with Gasteiger partial charge in [-0.3, -0.25) is 9.59 Å². The maximum atomic E-state index is 13.9. The molecule has 0 aliphatic heterocycles. The number of halogens is 5. The number of thioether (sulfide) groups is 1. The fraction of sp³-hybridized carbons (Fsp3) is 0.429. The standard InChI is InChI=1S/C28H32F5N5O3S/c1-4-6-37(7-5-2)26(41)20-9-17(3)8-19(13-20)25(40)35-23(12-18-10-21(29)14-22(30)11-18)24(39)15-42-27-34-16-38(36-27)28(31,32)33/h8-11,13-14,16,23-24,39H,4-7,12,15H2,1-3H3,(H,35,40)/p+1/t23-,24-/m0/s1. The van der Waals surface area contributed by atoms with Gasteiger partial charge in [0.25, 0.3) is 11.8 Å². The van der Waals surface area contributed by atoms with E-state index in [-0.39, 0.29) is 39.0 Å². The van der Waals surface area contributed by atoms with Crippen LogP contribution in [0.3, 0.4) is 0 Å². The first-order valence-electron chi connectivity index (χ1n) is 13.3. The van der Waals surface area contributed by atoms with Crippen LogP contribution in [0.15, 0.2) is 47.9 Å². The summed E-state index contributed by atoms with van der Waals surface area (Å²) in [5.74, 6) is -2.79. The molecular formula is C28H33F5N5O3S+. The first-order chi connectivity index (χ1) is 19.8. The quantitative estimate of drug-likeness (QED) is 0.149. The lowest BCUT2D eigenvalue weighted by Gasteiger charge is -2.25. The number of nitrogens with zero attached hydrogens (tertiary/aromatic N) is 3. The lowest BCUT2D eigenvalue weighted by molar-refractivity contribution is -0.895. The topological polar surface area (TPSA) is 102 Å². The van der Waals surface area contributed by atoms with Crippen LogP contribution in [0.5, 0.6) is 0 Å². The SMILES string of the molecule is CCCN(CCC)C(=O)c1cc(C)cc(C(=O)N[C@@H](Cc2cc(F)cc(F)c2)[C@@H](O)CSc2nc[n+](C(F)(F)F)[nH]2)c1. The van der Waals surface area contributed by atoms with E-state index in [0.717, 1.165) is 36.7 Å². The molecule has 8 nitrogen and oxygen atoms in total. The van der Waals surface area contributed by atoms with Crippen LogP contribution in [0.1, 0.15) is 58.5 Å². The van der Waals surface area contributed by atoms with Crippen molar-refractivity contribution < 1.29 is 41.3 Å². The van der Waals surface area contributed by atoms with E-state index in [9.17, 15) is 36.6 Å². The Morgan fingerprint density at radius 1 is 1.05 bits per heavy atom. The number of H-pyrrole nitrogens is 1. The number of alkyl halides is 3. The smallest absolute Gasteiger partial charge is 0.390 e. The van der Waals surface area contributed by atoms with E-state index < -0.39 is 36.0 Å². The highest BCUT2D eigenvalue weighted by atomic mass is 32.2. The predicted octanol–water partition coefficient (Wildman–Crippen LogP) is 4.52. The molecule has 0 saturated carbocycles. The number of benzene rings is 2. The van der Waals surface area contributed by atoms with E-state index >= 15 is 0 Å². The molecule has 14 heteroatoms. The molecule has 0 saturated heterocycles. The predicted molar refractivity (Wildman–Crippen MR) is 146 cm³/mol. The monoisotopic (exact) mass is 614 g/mol. The van der Waals surface area contributed by atoms with Gasteiger partial charge in [0.15, 0.2) is 0 Å². The van der Waals surface area contributed by atoms with Crippen LogP contribution in [0.25, 0.3) is 0 Å². The molecule has 3 aromatic rings. The molecule has 3 rings (SSSR count). The zero-order valence-corrected chi connectivity index (χ0v) is 24.2. The van der Waals surface area contributed by atoms with Gasteiger partial charge in [-0.2, -0.15) is 5.10 Å². The zero-order chi connectivity index (χ0) is 31.0. The average Bonchev–Trinajstić information content (AvgIpc) is 3.40. The average molecular weight is 615 g/mol. The molecule has 1 aromatic heterocycles. The highest BCUT2D eigenvalue weighted by Gasteiger charge is 2.39. The molecule has 0 aliphatic rings. The van der Waals surface area contributed by atoms with Crippen molar-refractivity contribution >= 4 is 23.6 Å². The number of aliphatic hydroxyl groups excluding tert-OH is 1. The van der Waals surface area contributed by atoms with Crippen molar-refractivity contribution in [3.8, 4) is 0 Å². The number of amides is 2. The van der Waals surface area contributed by atoms with Gasteiger partial charge in [-0.15, -0.1) is 13.2 Å². The highest BCUT2D eigenvalue weighted by Crippen LogP contribution is 2.20. The largest absolute Gasteiger partial charge is 0.585 e. The Hall–Kier alpha value is -3.52. The van der Waals surface area contributed by atoms with E-state index in [0.29, 0.717) is 36.6 Å². The third kappa shape index (κ3) is 9.24. The number of hydrogen-bond donors (Lipinski definition) is 3. The van der Waals surface area contributed by atoms with Gasteiger partial charge in [0.05, 0.1) is 12.1 Å². The van der Waals surface area contributed by atoms with Crippen LogP contribution >= 0.6 is 11.8 Å². The number of carbonyl (C=O) groups excluding carboxylic acids is 2. The summed E-state index contributed by atoms with van der Waals surface area (Å²) in [6.45, 7) is 6.75. The third-order valence-electron chi connectivity index (χ3n) is 6.19.